The minimum Gasteiger partial charge on any atom is -0.491 e. The van der Waals surface area contributed by atoms with Gasteiger partial charge in [-0.05, 0) is 24.6 Å². The molecule has 0 bridgehead atoms. The largest absolute Gasteiger partial charge is 0.491 e. The first kappa shape index (κ1) is 16.0. The monoisotopic (exact) mass is 313 g/mol. The van der Waals surface area contributed by atoms with Crippen LogP contribution in [0.5, 0.6) is 5.75 Å². The van der Waals surface area contributed by atoms with Crippen molar-refractivity contribution in [3.8, 4) is 5.75 Å². The molecule has 2 atom stereocenters. The van der Waals surface area contributed by atoms with E-state index >= 15 is 0 Å². The van der Waals surface area contributed by atoms with Crippen molar-refractivity contribution in [2.24, 2.45) is 0 Å². The zero-order valence-corrected chi connectivity index (χ0v) is 13.5. The summed E-state index contributed by atoms with van der Waals surface area (Å²) in [4.78, 5) is 0. The highest BCUT2D eigenvalue weighted by Gasteiger charge is 2.14. The molecule has 2 rings (SSSR count). The fourth-order valence-electron chi connectivity index (χ4n) is 2.02. The van der Waals surface area contributed by atoms with Crippen molar-refractivity contribution in [1.29, 1.82) is 0 Å². The number of rotatable bonds is 7. The van der Waals surface area contributed by atoms with E-state index in [-0.39, 0.29) is 0 Å². The number of thioether (sulfide) groups is 2. The smallest absolute Gasteiger partial charge is 0.119 e. The van der Waals surface area contributed by atoms with Gasteiger partial charge in [-0.3, -0.25) is 0 Å². The molecule has 112 valence electrons. The van der Waals surface area contributed by atoms with Crippen molar-refractivity contribution >= 4 is 23.5 Å². The lowest BCUT2D eigenvalue weighted by Crippen LogP contribution is -2.36. The van der Waals surface area contributed by atoms with Crippen molar-refractivity contribution in [3.05, 3.63) is 29.8 Å². The normalized spacial score (nSPS) is 20.6. The third-order valence-electron chi connectivity index (χ3n) is 3.07. The Hall–Kier alpha value is -0.360. The van der Waals surface area contributed by atoms with Gasteiger partial charge in [0, 0.05) is 35.6 Å². The van der Waals surface area contributed by atoms with Crippen LogP contribution < -0.4 is 10.1 Å². The standard InChI is InChI=1S/C15H23NO2S2/c1-12-3-2-4-14(7-12)18-10-13(17)8-16-9-15-11-19-5-6-20-15/h2-4,7,13,15-17H,5-6,8-11H2,1H3. The Bertz CT molecular complexity index is 397. The molecule has 3 nitrogen and oxygen atoms in total. The first-order valence-electron chi connectivity index (χ1n) is 7.01. The van der Waals surface area contributed by atoms with Gasteiger partial charge in [0.2, 0.25) is 0 Å². The maximum atomic E-state index is 9.91. The van der Waals surface area contributed by atoms with Gasteiger partial charge in [0.25, 0.3) is 0 Å². The van der Waals surface area contributed by atoms with Crippen molar-refractivity contribution in [3.63, 3.8) is 0 Å². The molecule has 0 spiro atoms. The van der Waals surface area contributed by atoms with E-state index in [1.807, 2.05) is 54.7 Å². The number of benzene rings is 1. The lowest BCUT2D eigenvalue weighted by Gasteiger charge is -2.22. The summed E-state index contributed by atoms with van der Waals surface area (Å²) in [7, 11) is 0. The van der Waals surface area contributed by atoms with Crippen molar-refractivity contribution in [1.82, 2.24) is 5.32 Å². The molecule has 1 fully saturated rings. The summed E-state index contributed by atoms with van der Waals surface area (Å²) in [6.45, 7) is 3.93. The Morgan fingerprint density at radius 2 is 2.35 bits per heavy atom. The van der Waals surface area contributed by atoms with E-state index in [0.717, 1.165) is 12.3 Å². The topological polar surface area (TPSA) is 41.5 Å². The number of aliphatic hydroxyl groups is 1. The maximum Gasteiger partial charge on any atom is 0.119 e. The van der Waals surface area contributed by atoms with Gasteiger partial charge in [-0.15, -0.1) is 0 Å². The summed E-state index contributed by atoms with van der Waals surface area (Å²) in [5.41, 5.74) is 1.17. The van der Waals surface area contributed by atoms with E-state index in [4.69, 9.17) is 4.74 Å². The second-order valence-electron chi connectivity index (χ2n) is 5.01. The minimum absolute atomic E-state index is 0.336. The van der Waals surface area contributed by atoms with Gasteiger partial charge >= 0.3 is 0 Å². The second kappa shape index (κ2) is 8.82. The summed E-state index contributed by atoms with van der Waals surface area (Å²) in [6, 6.07) is 7.90. The highest BCUT2D eigenvalue weighted by molar-refractivity contribution is 8.06. The first-order chi connectivity index (χ1) is 9.74. The highest BCUT2D eigenvalue weighted by Crippen LogP contribution is 2.23. The molecule has 2 N–H and O–H groups in total. The van der Waals surface area contributed by atoms with Gasteiger partial charge in [-0.2, -0.15) is 23.5 Å². The molecule has 0 aliphatic carbocycles. The summed E-state index contributed by atoms with van der Waals surface area (Å²) in [6.07, 6.45) is -0.461. The molecule has 1 heterocycles. The molecule has 1 saturated heterocycles. The molecule has 20 heavy (non-hydrogen) atoms. The third-order valence-corrected chi connectivity index (χ3v) is 5.91. The molecule has 0 aromatic heterocycles. The minimum atomic E-state index is -0.461. The van der Waals surface area contributed by atoms with E-state index in [0.29, 0.717) is 18.4 Å². The SMILES string of the molecule is Cc1cccc(OCC(O)CNCC2CSCCS2)c1. The molecule has 5 heteroatoms. The Morgan fingerprint density at radius 1 is 1.45 bits per heavy atom. The van der Waals surface area contributed by atoms with Crippen molar-refractivity contribution < 1.29 is 9.84 Å². The lowest BCUT2D eigenvalue weighted by atomic mass is 10.2. The van der Waals surface area contributed by atoms with Crippen LogP contribution in [0.25, 0.3) is 0 Å². The Labute approximate surface area is 129 Å². The third kappa shape index (κ3) is 5.95. The van der Waals surface area contributed by atoms with Gasteiger partial charge in [0.15, 0.2) is 0 Å². The molecule has 1 aliphatic heterocycles. The van der Waals surface area contributed by atoms with Gasteiger partial charge in [0.05, 0.1) is 0 Å². The molecule has 1 aromatic carbocycles. The predicted molar refractivity (Wildman–Crippen MR) is 89.1 cm³/mol. The quantitative estimate of drug-likeness (QED) is 0.807. The lowest BCUT2D eigenvalue weighted by molar-refractivity contribution is 0.106. The number of aryl methyl sites for hydroxylation is 1. The van der Waals surface area contributed by atoms with Crippen molar-refractivity contribution in [2.45, 2.75) is 18.3 Å². The molecule has 1 aromatic rings. The van der Waals surface area contributed by atoms with Crippen LogP contribution in [0.4, 0.5) is 0 Å². The van der Waals surface area contributed by atoms with E-state index in [9.17, 15) is 5.11 Å². The van der Waals surface area contributed by atoms with E-state index in [2.05, 4.69) is 5.32 Å². The Balaban J connectivity index is 1.59. The number of ether oxygens (including phenoxy) is 1. The van der Waals surface area contributed by atoms with Crippen LogP contribution in [0.2, 0.25) is 0 Å². The molecular weight excluding hydrogens is 290 g/mol. The molecule has 0 amide bonds. The van der Waals surface area contributed by atoms with Crippen molar-refractivity contribution in [2.75, 3.05) is 37.0 Å². The first-order valence-corrected chi connectivity index (χ1v) is 9.22. The van der Waals surface area contributed by atoms with Crippen LogP contribution in [0.15, 0.2) is 24.3 Å². The van der Waals surface area contributed by atoms with Crippen LogP contribution in [0, 0.1) is 6.92 Å². The highest BCUT2D eigenvalue weighted by atomic mass is 32.2. The van der Waals surface area contributed by atoms with E-state index in [1.54, 1.807) is 0 Å². The fraction of sp³-hybridized carbons (Fsp3) is 0.600. The predicted octanol–water partition coefficient (Wildman–Crippen LogP) is 2.17. The van der Waals surface area contributed by atoms with Crippen LogP contribution in [0.3, 0.4) is 0 Å². The summed E-state index contributed by atoms with van der Waals surface area (Å²) in [5.74, 6) is 4.56. The number of hydrogen-bond donors (Lipinski definition) is 2. The van der Waals surface area contributed by atoms with Gasteiger partial charge in [0.1, 0.15) is 18.5 Å². The molecule has 0 saturated carbocycles. The number of aliphatic hydroxyl groups excluding tert-OH is 1. The van der Waals surface area contributed by atoms with Gasteiger partial charge < -0.3 is 15.2 Å². The number of nitrogens with one attached hydrogen (secondary N) is 1. The second-order valence-corrected chi connectivity index (χ2v) is 7.57. The maximum absolute atomic E-state index is 9.91. The molecule has 1 aliphatic rings. The summed E-state index contributed by atoms with van der Waals surface area (Å²) in [5, 5.41) is 13.9. The summed E-state index contributed by atoms with van der Waals surface area (Å²) < 4.78 is 5.59. The fourth-order valence-corrected chi connectivity index (χ4v) is 4.67. The average molecular weight is 313 g/mol. The summed E-state index contributed by atoms with van der Waals surface area (Å²) >= 11 is 4.05. The van der Waals surface area contributed by atoms with Crippen LogP contribution in [-0.4, -0.2) is 53.4 Å². The van der Waals surface area contributed by atoms with Gasteiger partial charge in [-0.25, -0.2) is 0 Å². The van der Waals surface area contributed by atoms with Crippen LogP contribution in [-0.2, 0) is 0 Å². The molecule has 0 radical (unpaired) electrons. The van der Waals surface area contributed by atoms with E-state index < -0.39 is 6.10 Å². The Kier molecular flexibility index (Phi) is 7.07. The number of hydrogen-bond acceptors (Lipinski definition) is 5. The zero-order valence-electron chi connectivity index (χ0n) is 11.9. The zero-order chi connectivity index (χ0) is 14.2. The Morgan fingerprint density at radius 3 is 3.10 bits per heavy atom. The molecule has 2 unspecified atom stereocenters. The average Bonchev–Trinajstić information content (AvgIpc) is 2.46. The molecular formula is C15H23NO2S2. The van der Waals surface area contributed by atoms with E-state index in [1.165, 1.54) is 22.8 Å². The van der Waals surface area contributed by atoms with Crippen LogP contribution in [0.1, 0.15) is 5.56 Å². The van der Waals surface area contributed by atoms with Crippen LogP contribution >= 0.6 is 23.5 Å². The van der Waals surface area contributed by atoms with Gasteiger partial charge in [-0.1, -0.05) is 12.1 Å².